The molecule has 0 bridgehead atoms. The minimum absolute atomic E-state index is 0.281. The number of amides is 1. The topological polar surface area (TPSA) is 99.4 Å². The molecule has 0 saturated heterocycles. The van der Waals surface area contributed by atoms with Crippen molar-refractivity contribution in [1.82, 2.24) is 0 Å². The minimum atomic E-state index is -2.04. The maximum Gasteiger partial charge on any atom is 0.348 e. The van der Waals surface area contributed by atoms with Crippen LogP contribution in [0.3, 0.4) is 0 Å². The molecule has 0 saturated carbocycles. The lowest BCUT2D eigenvalue weighted by Crippen LogP contribution is -2.39. The Kier molecular flexibility index (Phi) is 6.58. The van der Waals surface area contributed by atoms with Crippen LogP contribution in [0.15, 0.2) is 84.9 Å². The number of carbonyl (C=O) groups excluding carboxylic acids is 2. The van der Waals surface area contributed by atoms with Gasteiger partial charge in [0.25, 0.3) is 5.91 Å². The lowest BCUT2D eigenvalue weighted by atomic mass is 9.86. The van der Waals surface area contributed by atoms with Crippen LogP contribution in [0.5, 0.6) is 0 Å². The predicted octanol–water partition coefficient (Wildman–Crippen LogP) is 3.17. The van der Waals surface area contributed by atoms with E-state index in [4.69, 9.17) is 10.00 Å². The first-order valence-corrected chi connectivity index (χ1v) is 9.30. The number of rotatable bonds is 7. The van der Waals surface area contributed by atoms with Crippen molar-refractivity contribution in [1.29, 1.82) is 5.26 Å². The van der Waals surface area contributed by atoms with Crippen LogP contribution in [0.25, 0.3) is 0 Å². The van der Waals surface area contributed by atoms with Gasteiger partial charge in [-0.05, 0) is 28.8 Å². The molecule has 2 N–H and O–H groups in total. The van der Waals surface area contributed by atoms with Crippen molar-refractivity contribution in [3.05, 3.63) is 102 Å². The summed E-state index contributed by atoms with van der Waals surface area (Å²) in [5, 5.41) is 22.6. The smallest absolute Gasteiger partial charge is 0.348 e. The van der Waals surface area contributed by atoms with Crippen molar-refractivity contribution in [2.45, 2.75) is 12.0 Å². The highest BCUT2D eigenvalue weighted by atomic mass is 16.6. The molecule has 0 radical (unpaired) electrons. The number of carbonyl (C=O) groups is 2. The number of nitrogens with one attached hydrogen (secondary N) is 1. The minimum Gasteiger partial charge on any atom is -0.453 e. The summed E-state index contributed by atoms with van der Waals surface area (Å²) < 4.78 is 5.17. The number of benzene rings is 3. The van der Waals surface area contributed by atoms with Gasteiger partial charge in [0.1, 0.15) is 0 Å². The average molecular weight is 400 g/mol. The molecule has 6 nitrogen and oxygen atoms in total. The summed E-state index contributed by atoms with van der Waals surface area (Å²) in [4.78, 5) is 25.1. The number of nitrogens with zero attached hydrogens (tertiary/aromatic N) is 1. The highest BCUT2D eigenvalue weighted by molar-refractivity contribution is 5.94. The number of hydrogen-bond donors (Lipinski definition) is 2. The van der Waals surface area contributed by atoms with Crippen LogP contribution < -0.4 is 5.32 Å². The van der Waals surface area contributed by atoms with Crippen LogP contribution >= 0.6 is 0 Å². The van der Waals surface area contributed by atoms with Gasteiger partial charge >= 0.3 is 5.97 Å². The molecule has 1 amide bonds. The van der Waals surface area contributed by atoms with Crippen molar-refractivity contribution in [2.75, 3.05) is 11.9 Å². The van der Waals surface area contributed by atoms with E-state index in [-0.39, 0.29) is 6.42 Å². The van der Waals surface area contributed by atoms with Gasteiger partial charge in [-0.25, -0.2) is 4.79 Å². The molecule has 150 valence electrons. The van der Waals surface area contributed by atoms with Crippen LogP contribution in [-0.4, -0.2) is 23.6 Å². The van der Waals surface area contributed by atoms with E-state index in [1.54, 1.807) is 84.9 Å². The van der Waals surface area contributed by atoms with Crippen molar-refractivity contribution >= 4 is 17.6 Å². The Labute approximate surface area is 174 Å². The molecule has 0 aliphatic rings. The third-order valence-corrected chi connectivity index (χ3v) is 4.53. The zero-order valence-corrected chi connectivity index (χ0v) is 16.1. The summed E-state index contributed by atoms with van der Waals surface area (Å²) in [6, 6.07) is 25.7. The van der Waals surface area contributed by atoms with Gasteiger partial charge < -0.3 is 15.2 Å². The number of hydrogen-bond acceptors (Lipinski definition) is 5. The highest BCUT2D eigenvalue weighted by Gasteiger charge is 2.41. The van der Waals surface area contributed by atoms with Crippen molar-refractivity contribution in [2.24, 2.45) is 0 Å². The molecule has 3 aromatic rings. The number of anilines is 1. The standard InChI is InChI=1S/C24H20N2O4/c25-16-15-18-11-13-21(14-12-18)26-22(27)17-30-23(28)24(29,19-7-3-1-4-8-19)20-9-5-2-6-10-20/h1-14,29H,15,17H2,(H,26,27). The summed E-state index contributed by atoms with van der Waals surface area (Å²) in [5.41, 5.74) is -0.0110. The molecule has 3 aromatic carbocycles. The lowest BCUT2D eigenvalue weighted by molar-refractivity contribution is -0.163. The van der Waals surface area contributed by atoms with Gasteiger partial charge in [0.05, 0.1) is 12.5 Å². The van der Waals surface area contributed by atoms with Crippen LogP contribution in [-0.2, 0) is 26.3 Å². The first kappa shape index (κ1) is 20.8. The van der Waals surface area contributed by atoms with Crippen molar-refractivity contribution in [3.63, 3.8) is 0 Å². The second-order valence-electron chi connectivity index (χ2n) is 6.60. The quantitative estimate of drug-likeness (QED) is 0.594. The maximum atomic E-state index is 12.9. The van der Waals surface area contributed by atoms with E-state index in [9.17, 15) is 14.7 Å². The molecular formula is C24H20N2O4. The third kappa shape index (κ3) is 4.72. The molecule has 0 atom stereocenters. The lowest BCUT2D eigenvalue weighted by Gasteiger charge is -2.26. The number of ether oxygens (including phenoxy) is 1. The van der Waals surface area contributed by atoms with Crippen LogP contribution in [0, 0.1) is 11.3 Å². The molecule has 0 unspecified atom stereocenters. The first-order chi connectivity index (χ1) is 14.5. The van der Waals surface area contributed by atoms with Gasteiger partial charge in [0.15, 0.2) is 6.61 Å². The van der Waals surface area contributed by atoms with E-state index in [2.05, 4.69) is 5.32 Å². The molecule has 30 heavy (non-hydrogen) atoms. The van der Waals surface area contributed by atoms with Crippen molar-refractivity contribution < 1.29 is 19.4 Å². The second kappa shape index (κ2) is 9.50. The largest absolute Gasteiger partial charge is 0.453 e. The predicted molar refractivity (Wildman–Crippen MR) is 111 cm³/mol. The van der Waals surface area contributed by atoms with E-state index >= 15 is 0 Å². The van der Waals surface area contributed by atoms with E-state index in [0.717, 1.165) is 5.56 Å². The normalized spacial score (nSPS) is 10.7. The first-order valence-electron chi connectivity index (χ1n) is 9.30. The van der Waals surface area contributed by atoms with Crippen LogP contribution in [0.1, 0.15) is 16.7 Å². The van der Waals surface area contributed by atoms with Crippen LogP contribution in [0.4, 0.5) is 5.69 Å². The molecule has 0 heterocycles. The molecular weight excluding hydrogens is 380 g/mol. The molecule has 0 aromatic heterocycles. The second-order valence-corrected chi connectivity index (χ2v) is 6.60. The number of aliphatic hydroxyl groups is 1. The Balaban J connectivity index is 1.70. The fraction of sp³-hybridized carbons (Fsp3) is 0.125. The van der Waals surface area contributed by atoms with Gasteiger partial charge in [-0.1, -0.05) is 72.8 Å². The molecule has 0 fully saturated rings. The Morgan fingerprint density at radius 3 is 1.93 bits per heavy atom. The zero-order valence-electron chi connectivity index (χ0n) is 16.1. The van der Waals surface area contributed by atoms with E-state index in [1.165, 1.54) is 0 Å². The fourth-order valence-electron chi connectivity index (χ4n) is 2.99. The summed E-state index contributed by atoms with van der Waals surface area (Å²) in [5.74, 6) is -1.49. The third-order valence-electron chi connectivity index (χ3n) is 4.53. The number of nitriles is 1. The maximum absolute atomic E-state index is 12.9. The Morgan fingerprint density at radius 2 is 1.43 bits per heavy atom. The van der Waals surface area contributed by atoms with Gasteiger partial charge in [-0.15, -0.1) is 0 Å². The number of esters is 1. The summed E-state index contributed by atoms with van der Waals surface area (Å²) in [6.07, 6.45) is 0.281. The zero-order chi connectivity index (χ0) is 21.4. The van der Waals surface area contributed by atoms with Gasteiger partial charge in [-0.3, -0.25) is 4.79 Å². The summed E-state index contributed by atoms with van der Waals surface area (Å²) >= 11 is 0. The van der Waals surface area contributed by atoms with Gasteiger partial charge in [-0.2, -0.15) is 5.26 Å². The highest BCUT2D eigenvalue weighted by Crippen LogP contribution is 2.31. The average Bonchev–Trinajstić information content (AvgIpc) is 2.79. The molecule has 3 rings (SSSR count). The van der Waals surface area contributed by atoms with E-state index in [1.807, 2.05) is 6.07 Å². The molecule has 0 aliphatic carbocycles. The van der Waals surface area contributed by atoms with E-state index < -0.39 is 24.1 Å². The fourth-order valence-corrected chi connectivity index (χ4v) is 2.99. The Morgan fingerprint density at radius 1 is 0.900 bits per heavy atom. The van der Waals surface area contributed by atoms with E-state index in [0.29, 0.717) is 16.8 Å². The molecule has 0 aliphatic heterocycles. The summed E-state index contributed by atoms with van der Waals surface area (Å²) in [7, 11) is 0. The monoisotopic (exact) mass is 400 g/mol. The van der Waals surface area contributed by atoms with Crippen LogP contribution in [0.2, 0.25) is 0 Å². The summed E-state index contributed by atoms with van der Waals surface area (Å²) in [6.45, 7) is -0.555. The molecule has 6 heteroatoms. The van der Waals surface area contributed by atoms with Gasteiger partial charge in [0, 0.05) is 5.69 Å². The van der Waals surface area contributed by atoms with Crippen molar-refractivity contribution in [3.8, 4) is 6.07 Å². The Hall–Kier alpha value is -3.95. The van der Waals surface area contributed by atoms with Gasteiger partial charge in [0.2, 0.25) is 5.60 Å². The Bertz CT molecular complexity index is 1000. The molecule has 0 spiro atoms. The SMILES string of the molecule is N#CCc1ccc(NC(=O)COC(=O)C(O)(c2ccccc2)c2ccccc2)cc1.